The van der Waals surface area contributed by atoms with E-state index in [1.807, 2.05) is 20.8 Å². The zero-order valence-electron chi connectivity index (χ0n) is 14.2. The number of hydrogen-bond acceptors (Lipinski definition) is 3. The molecule has 1 aliphatic heterocycles. The van der Waals surface area contributed by atoms with Crippen molar-refractivity contribution in [2.45, 2.75) is 52.6 Å². The van der Waals surface area contributed by atoms with Crippen molar-refractivity contribution < 1.29 is 13.9 Å². The van der Waals surface area contributed by atoms with Gasteiger partial charge in [0.25, 0.3) is 0 Å². The van der Waals surface area contributed by atoms with Gasteiger partial charge in [-0.25, -0.2) is 14.2 Å². The van der Waals surface area contributed by atoms with Crippen LogP contribution in [0, 0.1) is 18.7 Å². The van der Waals surface area contributed by atoms with Crippen LogP contribution in [0.5, 0.6) is 0 Å². The number of likely N-dealkylation sites (tertiary alicyclic amines) is 1. The molecule has 1 aromatic heterocycles. The normalized spacial score (nSPS) is 16.5. The van der Waals surface area contributed by atoms with Gasteiger partial charge < -0.3 is 9.64 Å². The van der Waals surface area contributed by atoms with Crippen LogP contribution in [-0.4, -0.2) is 34.7 Å². The Hall–Kier alpha value is -1.36. The van der Waals surface area contributed by atoms with Crippen molar-refractivity contribution >= 4 is 17.7 Å². The van der Waals surface area contributed by atoms with Crippen LogP contribution >= 0.6 is 11.6 Å². The average Bonchev–Trinajstić information content (AvgIpc) is 2.43. The van der Waals surface area contributed by atoms with Crippen molar-refractivity contribution in [3.05, 3.63) is 28.3 Å². The lowest BCUT2D eigenvalue weighted by molar-refractivity contribution is 0.0184. The summed E-state index contributed by atoms with van der Waals surface area (Å²) < 4.78 is 18.9. The number of aromatic nitrogens is 1. The number of piperidine rings is 1. The summed E-state index contributed by atoms with van der Waals surface area (Å²) in [5.41, 5.74) is 0.857. The first kappa shape index (κ1) is 18.0. The maximum Gasteiger partial charge on any atom is 0.410 e. The molecule has 4 nitrogen and oxygen atoms in total. The van der Waals surface area contributed by atoms with E-state index in [1.54, 1.807) is 17.9 Å². The molecule has 2 heterocycles. The predicted octanol–water partition coefficient (Wildman–Crippen LogP) is 4.37. The molecule has 2 rings (SSSR count). The van der Waals surface area contributed by atoms with Gasteiger partial charge in [-0.05, 0) is 64.5 Å². The predicted molar refractivity (Wildman–Crippen MR) is 88.2 cm³/mol. The van der Waals surface area contributed by atoms with Crippen molar-refractivity contribution in [2.24, 2.45) is 5.92 Å². The fraction of sp³-hybridized carbons (Fsp3) is 0.647. The van der Waals surface area contributed by atoms with Gasteiger partial charge in [0, 0.05) is 18.8 Å². The highest BCUT2D eigenvalue weighted by Crippen LogP contribution is 2.24. The fourth-order valence-corrected chi connectivity index (χ4v) is 2.99. The van der Waals surface area contributed by atoms with E-state index in [-0.39, 0.29) is 11.2 Å². The number of aryl methyl sites for hydroxylation is 1. The van der Waals surface area contributed by atoms with Gasteiger partial charge in [0.1, 0.15) is 5.60 Å². The Balaban J connectivity index is 1.89. The summed E-state index contributed by atoms with van der Waals surface area (Å²) in [5, 5.41) is -0.0637. The number of ether oxygens (including phenoxy) is 1. The third kappa shape index (κ3) is 5.06. The summed E-state index contributed by atoms with van der Waals surface area (Å²) in [5.74, 6) is -0.0303. The third-order valence-corrected chi connectivity index (χ3v) is 4.17. The third-order valence-electron chi connectivity index (χ3n) is 3.92. The van der Waals surface area contributed by atoms with Crippen LogP contribution in [0.15, 0.2) is 6.07 Å². The second-order valence-corrected chi connectivity index (χ2v) is 7.51. The van der Waals surface area contributed by atoms with Gasteiger partial charge in [0.2, 0.25) is 0 Å². The number of nitrogens with zero attached hydrogens (tertiary/aromatic N) is 2. The highest BCUT2D eigenvalue weighted by molar-refractivity contribution is 6.29. The van der Waals surface area contributed by atoms with Gasteiger partial charge in [-0.2, -0.15) is 0 Å². The largest absolute Gasteiger partial charge is 0.444 e. The second kappa shape index (κ2) is 7.04. The Morgan fingerprint density at radius 2 is 2.04 bits per heavy atom. The van der Waals surface area contributed by atoms with E-state index >= 15 is 0 Å². The number of halogens is 2. The molecule has 0 radical (unpaired) electrons. The molecule has 1 aromatic rings. The molecule has 0 spiro atoms. The first-order valence-electron chi connectivity index (χ1n) is 7.95. The van der Waals surface area contributed by atoms with Crippen LogP contribution < -0.4 is 0 Å². The molecule has 1 fully saturated rings. The fourth-order valence-electron chi connectivity index (χ4n) is 2.73. The van der Waals surface area contributed by atoms with Crippen molar-refractivity contribution in [3.8, 4) is 0 Å². The van der Waals surface area contributed by atoms with Gasteiger partial charge in [0.05, 0.1) is 0 Å². The van der Waals surface area contributed by atoms with Gasteiger partial charge in [-0.1, -0.05) is 11.6 Å². The van der Waals surface area contributed by atoms with Gasteiger partial charge >= 0.3 is 6.09 Å². The van der Waals surface area contributed by atoms with E-state index in [9.17, 15) is 9.18 Å². The molecule has 0 aliphatic carbocycles. The molecule has 0 atom stereocenters. The summed E-state index contributed by atoms with van der Waals surface area (Å²) in [6.45, 7) is 8.64. The summed E-state index contributed by atoms with van der Waals surface area (Å²) in [7, 11) is 0. The van der Waals surface area contributed by atoms with Crippen LogP contribution in [0.4, 0.5) is 9.18 Å². The number of pyridine rings is 1. The molecule has 1 saturated heterocycles. The topological polar surface area (TPSA) is 42.4 Å². The lowest BCUT2D eigenvalue weighted by Crippen LogP contribution is -2.42. The van der Waals surface area contributed by atoms with E-state index in [4.69, 9.17) is 16.3 Å². The lowest BCUT2D eigenvalue weighted by atomic mass is 9.92. The quantitative estimate of drug-likeness (QED) is 0.749. The summed E-state index contributed by atoms with van der Waals surface area (Å²) in [6.07, 6.45) is 2.27. The smallest absolute Gasteiger partial charge is 0.410 e. The van der Waals surface area contributed by atoms with Crippen LogP contribution in [0.25, 0.3) is 0 Å². The van der Waals surface area contributed by atoms with Crippen molar-refractivity contribution in [3.63, 3.8) is 0 Å². The van der Waals surface area contributed by atoms with Gasteiger partial charge in [0.15, 0.2) is 11.0 Å². The Kier molecular flexibility index (Phi) is 5.50. The molecule has 0 N–H and O–H groups in total. The van der Waals surface area contributed by atoms with Crippen molar-refractivity contribution in [1.82, 2.24) is 9.88 Å². The molecule has 0 aromatic carbocycles. The maximum atomic E-state index is 13.5. The zero-order valence-corrected chi connectivity index (χ0v) is 14.9. The Morgan fingerprint density at radius 1 is 1.43 bits per heavy atom. The van der Waals surface area contributed by atoms with Crippen LogP contribution in [0.2, 0.25) is 5.15 Å². The standard InChI is InChI=1S/C17H24ClFN2O2/c1-11-9-13(20-15(18)14(11)19)10-12-5-7-21(8-6-12)16(22)23-17(2,3)4/h9,12H,5-8,10H2,1-4H3. The molecule has 0 unspecified atom stereocenters. The molecule has 0 saturated carbocycles. The number of rotatable bonds is 2. The molecule has 128 valence electrons. The summed E-state index contributed by atoms with van der Waals surface area (Å²) in [4.78, 5) is 17.9. The molecule has 0 bridgehead atoms. The summed E-state index contributed by atoms with van der Waals surface area (Å²) in [6, 6.07) is 1.75. The number of hydrogen-bond donors (Lipinski definition) is 0. The minimum absolute atomic E-state index is 0.0637. The van der Waals surface area contributed by atoms with Crippen LogP contribution in [0.3, 0.4) is 0 Å². The highest BCUT2D eigenvalue weighted by Gasteiger charge is 2.27. The number of amides is 1. The van der Waals surface area contributed by atoms with E-state index < -0.39 is 11.4 Å². The van der Waals surface area contributed by atoms with E-state index in [0.29, 0.717) is 24.6 Å². The van der Waals surface area contributed by atoms with E-state index in [1.165, 1.54) is 0 Å². The van der Waals surface area contributed by atoms with Gasteiger partial charge in [-0.15, -0.1) is 0 Å². The first-order chi connectivity index (χ1) is 10.7. The summed E-state index contributed by atoms with van der Waals surface area (Å²) >= 11 is 5.81. The maximum absolute atomic E-state index is 13.5. The molecule has 1 aliphatic rings. The lowest BCUT2D eigenvalue weighted by Gasteiger charge is -2.33. The van der Waals surface area contributed by atoms with Gasteiger partial charge in [-0.3, -0.25) is 0 Å². The minimum Gasteiger partial charge on any atom is -0.444 e. The average molecular weight is 343 g/mol. The molecule has 23 heavy (non-hydrogen) atoms. The SMILES string of the molecule is Cc1cc(CC2CCN(C(=O)OC(C)(C)C)CC2)nc(Cl)c1F. The van der Waals surface area contributed by atoms with Crippen molar-refractivity contribution in [2.75, 3.05) is 13.1 Å². The monoisotopic (exact) mass is 342 g/mol. The molecule has 6 heteroatoms. The highest BCUT2D eigenvalue weighted by atomic mass is 35.5. The minimum atomic E-state index is -0.472. The number of carbonyl (C=O) groups excluding carboxylic acids is 1. The van der Waals surface area contributed by atoms with E-state index in [2.05, 4.69) is 4.98 Å². The van der Waals surface area contributed by atoms with Crippen molar-refractivity contribution in [1.29, 1.82) is 0 Å². The van der Waals surface area contributed by atoms with Crippen LogP contribution in [0.1, 0.15) is 44.9 Å². The Bertz CT molecular complexity index is 555. The Labute approximate surface area is 142 Å². The first-order valence-corrected chi connectivity index (χ1v) is 8.33. The molecule has 1 amide bonds. The Morgan fingerprint density at radius 3 is 2.57 bits per heavy atom. The zero-order chi connectivity index (χ0) is 17.2. The molecular formula is C17H24ClFN2O2. The second-order valence-electron chi connectivity index (χ2n) is 7.15. The number of carbonyl (C=O) groups is 1. The van der Waals surface area contributed by atoms with Crippen LogP contribution in [-0.2, 0) is 11.2 Å². The van der Waals surface area contributed by atoms with E-state index in [0.717, 1.165) is 25.0 Å². The molecular weight excluding hydrogens is 319 g/mol.